The van der Waals surface area contributed by atoms with E-state index in [1.54, 1.807) is 6.07 Å². The molecular formula is C11H16NO4P. The molecule has 1 aromatic rings. The third kappa shape index (κ3) is 3.54. The van der Waals surface area contributed by atoms with Crippen LogP contribution in [0.4, 0.5) is 0 Å². The van der Waals surface area contributed by atoms with Crippen LogP contribution in [0.3, 0.4) is 0 Å². The number of fused-ring (bicyclic) bond motifs is 1. The largest absolute Gasteiger partial charge is 0.481 e. The van der Waals surface area contributed by atoms with E-state index in [0.29, 0.717) is 5.75 Å². The lowest BCUT2D eigenvalue weighted by atomic mass is 10.00. The zero-order chi connectivity index (χ0) is 12.5. The summed E-state index contributed by atoms with van der Waals surface area (Å²) in [7, 11) is -2.03. The number of rotatable bonds is 3. The molecule has 1 aromatic carbocycles. The summed E-state index contributed by atoms with van der Waals surface area (Å²) in [4.78, 5) is 19.7. The van der Waals surface area contributed by atoms with E-state index in [9.17, 15) is 4.57 Å². The third-order valence-electron chi connectivity index (χ3n) is 2.78. The highest BCUT2D eigenvalue weighted by Crippen LogP contribution is 2.35. The number of nitrogens with zero attached hydrogens (tertiary/aromatic N) is 1. The number of benzene rings is 1. The van der Waals surface area contributed by atoms with Crippen molar-refractivity contribution in [1.29, 1.82) is 0 Å². The summed E-state index contributed by atoms with van der Waals surface area (Å²) in [6.45, 7) is 1.91. The Bertz CT molecular complexity index is 457. The van der Waals surface area contributed by atoms with Gasteiger partial charge in [-0.05, 0) is 36.7 Å². The minimum atomic E-state index is -4.10. The predicted octanol–water partition coefficient (Wildman–Crippen LogP) is 1.19. The summed E-state index contributed by atoms with van der Waals surface area (Å²) >= 11 is 0. The fourth-order valence-electron chi connectivity index (χ4n) is 1.92. The van der Waals surface area contributed by atoms with Gasteiger partial charge in [0.25, 0.3) is 0 Å². The Morgan fingerprint density at radius 3 is 2.88 bits per heavy atom. The second-order valence-electron chi connectivity index (χ2n) is 4.36. The smallest absolute Gasteiger partial charge is 0.362 e. The molecule has 0 radical (unpaired) electrons. The average Bonchev–Trinajstić information content (AvgIpc) is 2.25. The molecule has 0 spiro atoms. The maximum atomic E-state index is 10.7. The van der Waals surface area contributed by atoms with E-state index in [4.69, 9.17) is 14.5 Å². The molecule has 2 rings (SSSR count). The first-order valence-electron chi connectivity index (χ1n) is 5.42. The first-order valence-corrected chi connectivity index (χ1v) is 7.21. The molecule has 1 aliphatic rings. The Morgan fingerprint density at radius 2 is 2.18 bits per heavy atom. The molecule has 0 unspecified atom stereocenters. The van der Waals surface area contributed by atoms with Gasteiger partial charge in [-0.1, -0.05) is 6.07 Å². The Morgan fingerprint density at radius 1 is 1.41 bits per heavy atom. The number of hydrogen-bond acceptors (Lipinski definition) is 3. The third-order valence-corrected chi connectivity index (χ3v) is 3.25. The van der Waals surface area contributed by atoms with Crippen molar-refractivity contribution in [3.63, 3.8) is 0 Å². The summed E-state index contributed by atoms with van der Waals surface area (Å²) in [5.41, 5.74) is 2.45. The molecule has 0 atom stereocenters. The van der Waals surface area contributed by atoms with Gasteiger partial charge >= 0.3 is 7.60 Å². The maximum Gasteiger partial charge on any atom is 0.362 e. The van der Waals surface area contributed by atoms with Crippen molar-refractivity contribution in [2.45, 2.75) is 13.0 Å². The van der Waals surface area contributed by atoms with Gasteiger partial charge < -0.3 is 19.4 Å². The maximum absolute atomic E-state index is 10.7. The van der Waals surface area contributed by atoms with Crippen LogP contribution in [0.1, 0.15) is 11.1 Å². The van der Waals surface area contributed by atoms with Crippen molar-refractivity contribution >= 4 is 7.60 Å². The topological polar surface area (TPSA) is 70.0 Å². The minimum Gasteiger partial charge on any atom is -0.481 e. The standard InChI is InChI=1S/C11H16NO4P/c1-12-5-4-9-6-11(3-2-10(9)7-12)16-8-17(13,14)15/h2-3,6H,4-5,7-8H2,1H3,(H2,13,14,15). The highest BCUT2D eigenvalue weighted by atomic mass is 31.2. The van der Waals surface area contributed by atoms with Crippen LogP contribution in [0.15, 0.2) is 18.2 Å². The highest BCUT2D eigenvalue weighted by Gasteiger charge is 2.16. The van der Waals surface area contributed by atoms with E-state index in [-0.39, 0.29) is 0 Å². The van der Waals surface area contributed by atoms with Gasteiger partial charge in [0, 0.05) is 13.1 Å². The van der Waals surface area contributed by atoms with Crippen LogP contribution in [0, 0.1) is 0 Å². The number of likely N-dealkylation sites (N-methyl/N-ethyl adjacent to an activating group) is 1. The van der Waals surface area contributed by atoms with Crippen LogP contribution in [0.5, 0.6) is 5.75 Å². The van der Waals surface area contributed by atoms with E-state index < -0.39 is 13.9 Å². The molecule has 94 valence electrons. The molecule has 0 aliphatic carbocycles. The van der Waals surface area contributed by atoms with Crippen LogP contribution < -0.4 is 4.74 Å². The Kier molecular flexibility index (Phi) is 3.54. The van der Waals surface area contributed by atoms with Crippen molar-refractivity contribution in [3.8, 4) is 5.75 Å². The van der Waals surface area contributed by atoms with Gasteiger partial charge in [-0.3, -0.25) is 4.57 Å². The first-order chi connectivity index (χ1) is 7.94. The molecule has 0 saturated carbocycles. The van der Waals surface area contributed by atoms with E-state index >= 15 is 0 Å². The molecule has 2 N–H and O–H groups in total. The summed E-state index contributed by atoms with van der Waals surface area (Å²) in [5, 5.41) is 0. The molecule has 1 heterocycles. The molecule has 0 amide bonds. The zero-order valence-electron chi connectivity index (χ0n) is 9.67. The van der Waals surface area contributed by atoms with Crippen LogP contribution in [0.25, 0.3) is 0 Å². The fourth-order valence-corrected chi connectivity index (χ4v) is 2.24. The Balaban J connectivity index is 2.09. The Labute approximate surface area is 100 Å². The molecule has 0 aromatic heterocycles. The van der Waals surface area contributed by atoms with Gasteiger partial charge in [-0.2, -0.15) is 0 Å². The van der Waals surface area contributed by atoms with Gasteiger partial charge in [0.1, 0.15) is 5.75 Å². The lowest BCUT2D eigenvalue weighted by molar-refractivity contribution is 0.297. The fraction of sp³-hybridized carbons (Fsp3) is 0.455. The molecule has 5 nitrogen and oxygen atoms in total. The molecule has 0 saturated heterocycles. The van der Waals surface area contributed by atoms with Crippen LogP contribution in [-0.2, 0) is 17.5 Å². The molecule has 0 fully saturated rings. The van der Waals surface area contributed by atoms with E-state index in [2.05, 4.69) is 11.9 Å². The normalized spacial score (nSPS) is 16.6. The SMILES string of the molecule is CN1CCc2cc(OCP(=O)(O)O)ccc2C1. The van der Waals surface area contributed by atoms with Gasteiger partial charge in [0.05, 0.1) is 0 Å². The van der Waals surface area contributed by atoms with Crippen molar-refractivity contribution in [2.75, 3.05) is 19.9 Å². The number of ether oxygens (including phenoxy) is 1. The van der Waals surface area contributed by atoms with Gasteiger partial charge in [0.2, 0.25) is 0 Å². The van der Waals surface area contributed by atoms with Crippen molar-refractivity contribution < 1.29 is 19.1 Å². The van der Waals surface area contributed by atoms with Crippen molar-refractivity contribution in [3.05, 3.63) is 29.3 Å². The molecule has 0 bridgehead atoms. The monoisotopic (exact) mass is 257 g/mol. The quantitative estimate of drug-likeness (QED) is 0.796. The summed E-state index contributed by atoms with van der Waals surface area (Å²) in [6.07, 6.45) is 0.380. The second-order valence-corrected chi connectivity index (χ2v) is 5.94. The van der Waals surface area contributed by atoms with Gasteiger partial charge in [0.15, 0.2) is 6.35 Å². The lowest BCUT2D eigenvalue weighted by Gasteiger charge is -2.25. The van der Waals surface area contributed by atoms with Crippen LogP contribution in [0.2, 0.25) is 0 Å². The van der Waals surface area contributed by atoms with E-state index in [1.807, 2.05) is 12.1 Å². The van der Waals surface area contributed by atoms with E-state index in [0.717, 1.165) is 19.5 Å². The van der Waals surface area contributed by atoms with Gasteiger partial charge in [-0.15, -0.1) is 0 Å². The predicted molar refractivity (Wildman–Crippen MR) is 64.0 cm³/mol. The van der Waals surface area contributed by atoms with E-state index in [1.165, 1.54) is 11.1 Å². The average molecular weight is 257 g/mol. The first kappa shape index (κ1) is 12.6. The van der Waals surface area contributed by atoms with Gasteiger partial charge in [-0.25, -0.2) is 0 Å². The summed E-state index contributed by atoms with van der Waals surface area (Å²) < 4.78 is 15.8. The molecule has 1 aliphatic heterocycles. The minimum absolute atomic E-state index is 0.525. The van der Waals surface area contributed by atoms with Crippen molar-refractivity contribution in [2.24, 2.45) is 0 Å². The highest BCUT2D eigenvalue weighted by molar-refractivity contribution is 7.51. The molecular weight excluding hydrogens is 241 g/mol. The van der Waals surface area contributed by atoms with Crippen LogP contribution in [-0.4, -0.2) is 34.6 Å². The zero-order valence-corrected chi connectivity index (χ0v) is 10.6. The van der Waals surface area contributed by atoms with Crippen molar-refractivity contribution in [1.82, 2.24) is 4.90 Å². The lowest BCUT2D eigenvalue weighted by Crippen LogP contribution is -2.26. The molecule has 17 heavy (non-hydrogen) atoms. The summed E-state index contributed by atoms with van der Waals surface area (Å²) in [6, 6.07) is 5.59. The summed E-state index contributed by atoms with van der Waals surface area (Å²) in [5.74, 6) is 0.525. The van der Waals surface area contributed by atoms with Crippen LogP contribution >= 0.6 is 7.60 Å². The molecule has 6 heteroatoms. The number of hydrogen-bond donors (Lipinski definition) is 2. The Hall–Kier alpha value is -0.870. The second kappa shape index (κ2) is 4.78.